The highest BCUT2D eigenvalue weighted by molar-refractivity contribution is 8.00. The van der Waals surface area contributed by atoms with Crippen molar-refractivity contribution in [1.29, 1.82) is 0 Å². The van der Waals surface area contributed by atoms with Crippen LogP contribution in [0.5, 0.6) is 5.75 Å². The molecular formula is C24H20N2O3S. The van der Waals surface area contributed by atoms with Crippen LogP contribution in [0.2, 0.25) is 0 Å². The van der Waals surface area contributed by atoms with Gasteiger partial charge in [-0.25, -0.2) is 4.98 Å². The first-order valence-corrected chi connectivity index (χ1v) is 10.4. The number of para-hydroxylation sites is 3. The number of fused-ring (bicyclic) bond motifs is 1. The van der Waals surface area contributed by atoms with Crippen molar-refractivity contribution in [3.8, 4) is 11.4 Å². The maximum absolute atomic E-state index is 13.4. The minimum absolute atomic E-state index is 0.0189. The van der Waals surface area contributed by atoms with Crippen molar-refractivity contribution in [3.63, 3.8) is 0 Å². The molecule has 0 saturated heterocycles. The predicted octanol–water partition coefficient (Wildman–Crippen LogP) is 4.76. The summed E-state index contributed by atoms with van der Waals surface area (Å²) in [5.74, 6) is 0.537. The number of aromatic nitrogens is 2. The molecule has 0 aliphatic rings. The Kier molecular flexibility index (Phi) is 5.68. The molecule has 5 nitrogen and oxygen atoms in total. The maximum Gasteiger partial charge on any atom is 0.266 e. The van der Waals surface area contributed by atoms with Crippen LogP contribution < -0.4 is 10.3 Å². The summed E-state index contributed by atoms with van der Waals surface area (Å²) >= 11 is 1.26. The second-order valence-electron chi connectivity index (χ2n) is 6.71. The Hall–Kier alpha value is -3.38. The van der Waals surface area contributed by atoms with Gasteiger partial charge in [-0.2, -0.15) is 0 Å². The topological polar surface area (TPSA) is 61.2 Å². The Balaban J connectivity index is 1.86. The van der Waals surface area contributed by atoms with Gasteiger partial charge in [0.15, 0.2) is 10.9 Å². The van der Waals surface area contributed by atoms with Crippen LogP contribution in [0.1, 0.15) is 17.3 Å². The van der Waals surface area contributed by atoms with E-state index in [-0.39, 0.29) is 11.3 Å². The molecule has 1 aromatic heterocycles. The Morgan fingerprint density at radius 2 is 1.63 bits per heavy atom. The van der Waals surface area contributed by atoms with Gasteiger partial charge in [0.1, 0.15) is 5.75 Å². The molecule has 0 bridgehead atoms. The van der Waals surface area contributed by atoms with Gasteiger partial charge in [0.25, 0.3) is 5.56 Å². The lowest BCUT2D eigenvalue weighted by Gasteiger charge is -2.17. The maximum atomic E-state index is 13.4. The number of carbonyl (C=O) groups is 1. The second-order valence-corrected chi connectivity index (χ2v) is 8.02. The molecule has 0 spiro atoms. The molecule has 6 heteroatoms. The van der Waals surface area contributed by atoms with Gasteiger partial charge in [0.05, 0.1) is 29.0 Å². The molecule has 4 aromatic rings. The van der Waals surface area contributed by atoms with E-state index in [0.717, 1.165) is 0 Å². The third-order valence-corrected chi connectivity index (χ3v) is 5.83. The summed E-state index contributed by atoms with van der Waals surface area (Å²) in [5, 5.41) is 0.524. The number of Topliss-reactive ketones (excluding diaryl/α,β-unsaturated/α-hetero) is 1. The van der Waals surface area contributed by atoms with Crippen molar-refractivity contribution in [1.82, 2.24) is 9.55 Å². The number of benzene rings is 3. The largest absolute Gasteiger partial charge is 0.495 e. The monoisotopic (exact) mass is 416 g/mol. The number of nitrogens with zero attached hydrogens (tertiary/aromatic N) is 2. The molecule has 0 aliphatic carbocycles. The Morgan fingerprint density at radius 3 is 2.40 bits per heavy atom. The summed E-state index contributed by atoms with van der Waals surface area (Å²) < 4.78 is 7.01. The van der Waals surface area contributed by atoms with Crippen LogP contribution in [0.3, 0.4) is 0 Å². The summed E-state index contributed by atoms with van der Waals surface area (Å²) in [6, 6.07) is 23.6. The smallest absolute Gasteiger partial charge is 0.266 e. The summed E-state index contributed by atoms with van der Waals surface area (Å²) in [6.45, 7) is 1.83. The van der Waals surface area contributed by atoms with Gasteiger partial charge in [-0.15, -0.1) is 0 Å². The quantitative estimate of drug-likeness (QED) is 0.258. The van der Waals surface area contributed by atoms with Gasteiger partial charge in [-0.1, -0.05) is 66.4 Å². The third-order valence-electron chi connectivity index (χ3n) is 4.78. The van der Waals surface area contributed by atoms with Gasteiger partial charge in [0, 0.05) is 5.56 Å². The molecule has 1 atom stereocenters. The molecule has 3 aromatic carbocycles. The number of ether oxygens (including phenoxy) is 1. The Morgan fingerprint density at radius 1 is 0.967 bits per heavy atom. The van der Waals surface area contributed by atoms with Crippen LogP contribution in [-0.4, -0.2) is 27.7 Å². The average molecular weight is 417 g/mol. The van der Waals surface area contributed by atoms with Crippen molar-refractivity contribution in [3.05, 3.63) is 94.8 Å². The molecule has 4 rings (SSSR count). The average Bonchev–Trinajstić information content (AvgIpc) is 2.79. The first-order valence-electron chi connectivity index (χ1n) is 9.51. The molecule has 1 unspecified atom stereocenters. The summed E-state index contributed by atoms with van der Waals surface area (Å²) in [4.78, 5) is 31.0. The normalized spacial score (nSPS) is 11.9. The molecule has 30 heavy (non-hydrogen) atoms. The molecule has 0 saturated carbocycles. The highest BCUT2D eigenvalue weighted by atomic mass is 32.2. The Bertz CT molecular complexity index is 1270. The van der Waals surface area contributed by atoms with Crippen LogP contribution in [0.15, 0.2) is 88.8 Å². The van der Waals surface area contributed by atoms with Crippen molar-refractivity contribution >= 4 is 28.4 Å². The minimum Gasteiger partial charge on any atom is -0.495 e. The zero-order chi connectivity index (χ0) is 21.1. The Labute approximate surface area is 178 Å². The fourth-order valence-corrected chi connectivity index (χ4v) is 4.26. The molecule has 0 aliphatic heterocycles. The summed E-state index contributed by atoms with van der Waals surface area (Å²) in [6.07, 6.45) is 0. The minimum atomic E-state index is -0.429. The summed E-state index contributed by atoms with van der Waals surface area (Å²) in [7, 11) is 1.56. The van der Waals surface area contributed by atoms with E-state index in [4.69, 9.17) is 9.72 Å². The lowest BCUT2D eigenvalue weighted by Crippen LogP contribution is -2.24. The van der Waals surface area contributed by atoms with E-state index >= 15 is 0 Å². The van der Waals surface area contributed by atoms with Crippen molar-refractivity contribution < 1.29 is 9.53 Å². The molecule has 0 N–H and O–H groups in total. The van der Waals surface area contributed by atoms with E-state index < -0.39 is 5.25 Å². The molecule has 0 amide bonds. The van der Waals surface area contributed by atoms with Crippen LogP contribution >= 0.6 is 11.8 Å². The highest BCUT2D eigenvalue weighted by Gasteiger charge is 2.22. The van der Waals surface area contributed by atoms with Crippen molar-refractivity contribution in [2.24, 2.45) is 0 Å². The number of thioether (sulfide) groups is 1. The van der Waals surface area contributed by atoms with Gasteiger partial charge in [0.2, 0.25) is 0 Å². The van der Waals surface area contributed by atoms with Crippen molar-refractivity contribution in [2.45, 2.75) is 17.3 Å². The van der Waals surface area contributed by atoms with Crippen molar-refractivity contribution in [2.75, 3.05) is 7.11 Å². The predicted molar refractivity (Wildman–Crippen MR) is 120 cm³/mol. The van der Waals surface area contributed by atoms with Crippen LogP contribution in [0.25, 0.3) is 16.6 Å². The van der Waals surface area contributed by atoms with E-state index in [1.807, 2.05) is 55.5 Å². The number of rotatable bonds is 6. The highest BCUT2D eigenvalue weighted by Crippen LogP contribution is 2.30. The first-order chi connectivity index (χ1) is 14.6. The van der Waals surface area contributed by atoms with Crippen LogP contribution in [0.4, 0.5) is 0 Å². The van der Waals surface area contributed by atoms with Gasteiger partial charge in [-0.3, -0.25) is 14.2 Å². The standard InChI is InChI=1S/C24H20N2O3S/c1-16(22(27)17-10-4-3-5-11-17)30-24-25-19-13-7-6-12-18(19)23(28)26(24)20-14-8-9-15-21(20)29-2/h3-16H,1-2H3. The number of carbonyl (C=O) groups excluding carboxylic acids is 1. The summed E-state index contributed by atoms with van der Waals surface area (Å²) in [5.41, 5.74) is 1.61. The lowest BCUT2D eigenvalue weighted by molar-refractivity contribution is 0.0994. The third kappa shape index (κ3) is 3.74. The van der Waals surface area contributed by atoms with Crippen LogP contribution in [0, 0.1) is 0 Å². The molecule has 150 valence electrons. The molecular weight excluding hydrogens is 396 g/mol. The van der Waals surface area contributed by atoms with Gasteiger partial charge in [-0.05, 0) is 31.2 Å². The van der Waals surface area contributed by atoms with E-state index in [1.54, 1.807) is 37.4 Å². The van der Waals surface area contributed by atoms with E-state index in [9.17, 15) is 9.59 Å². The second kappa shape index (κ2) is 8.55. The van der Waals surface area contributed by atoms with Crippen LogP contribution in [-0.2, 0) is 0 Å². The van der Waals surface area contributed by atoms with E-state index in [0.29, 0.717) is 33.1 Å². The number of methoxy groups -OCH3 is 1. The molecule has 1 heterocycles. The SMILES string of the molecule is COc1ccccc1-n1c(SC(C)C(=O)c2ccccc2)nc2ccccc2c1=O. The molecule has 0 fully saturated rings. The molecule has 0 radical (unpaired) electrons. The van der Waals surface area contributed by atoms with E-state index in [1.165, 1.54) is 16.3 Å². The van der Waals surface area contributed by atoms with Gasteiger partial charge < -0.3 is 4.74 Å². The zero-order valence-electron chi connectivity index (χ0n) is 16.6. The van der Waals surface area contributed by atoms with Gasteiger partial charge >= 0.3 is 0 Å². The zero-order valence-corrected chi connectivity index (χ0v) is 17.4. The number of ketones is 1. The number of hydrogen-bond acceptors (Lipinski definition) is 5. The lowest BCUT2D eigenvalue weighted by atomic mass is 10.1. The fraction of sp³-hybridized carbons (Fsp3) is 0.125. The fourth-order valence-electron chi connectivity index (χ4n) is 3.27. The van der Waals surface area contributed by atoms with E-state index in [2.05, 4.69) is 0 Å². The number of hydrogen-bond donors (Lipinski definition) is 0. The first kappa shape index (κ1) is 19.9.